The van der Waals surface area contributed by atoms with Gasteiger partial charge in [-0.1, -0.05) is 41.9 Å². The third kappa shape index (κ3) is 5.35. The Hall–Kier alpha value is -4.63. The largest absolute Gasteiger partial charge is 0.493 e. The summed E-state index contributed by atoms with van der Waals surface area (Å²) < 4.78 is 10.8. The van der Waals surface area contributed by atoms with Crippen molar-refractivity contribution in [3.63, 3.8) is 0 Å². The molecule has 0 spiro atoms. The Morgan fingerprint density at radius 1 is 1.00 bits per heavy atom. The molecule has 0 radical (unpaired) electrons. The van der Waals surface area contributed by atoms with Crippen LogP contribution < -0.4 is 20.1 Å². The van der Waals surface area contributed by atoms with E-state index in [1.807, 2.05) is 43.3 Å². The summed E-state index contributed by atoms with van der Waals surface area (Å²) in [4.78, 5) is 39.1. The molecule has 2 unspecified atom stereocenters. The van der Waals surface area contributed by atoms with Crippen molar-refractivity contribution in [2.45, 2.75) is 38.5 Å². The molecular weight excluding hydrogens is 558 g/mol. The number of nitro groups is 1. The predicted molar refractivity (Wildman–Crippen MR) is 160 cm³/mol. The standard InChI is InChI=1S/C32H30ClN3O6/c1-17-7-5-6-8-23(17)35-32(38)29-18(2)34-24-13-21(19-10-12-27(41-3)28(16-19)42-4)15-26(37)31(24)30(29)20-9-11-22(33)25(14-20)36(39)40/h5-12,14,16,21,30,34H,13,15H2,1-4H3,(H,35,38). The number of aryl methyl sites for hydroxylation is 1. The first-order chi connectivity index (χ1) is 20.1. The van der Waals surface area contributed by atoms with Gasteiger partial charge in [0.1, 0.15) is 5.02 Å². The maximum absolute atomic E-state index is 14.0. The number of nitrogens with one attached hydrogen (secondary N) is 2. The first-order valence-electron chi connectivity index (χ1n) is 13.4. The molecule has 3 aromatic rings. The van der Waals surface area contributed by atoms with E-state index in [0.29, 0.717) is 51.7 Å². The molecule has 5 rings (SSSR count). The Morgan fingerprint density at radius 2 is 1.71 bits per heavy atom. The van der Waals surface area contributed by atoms with E-state index in [2.05, 4.69) is 10.6 Å². The summed E-state index contributed by atoms with van der Waals surface area (Å²) in [7, 11) is 3.12. The van der Waals surface area contributed by atoms with Gasteiger partial charge in [-0.2, -0.15) is 0 Å². The van der Waals surface area contributed by atoms with E-state index in [4.69, 9.17) is 21.1 Å². The Morgan fingerprint density at radius 3 is 2.40 bits per heavy atom. The zero-order chi connectivity index (χ0) is 30.1. The van der Waals surface area contributed by atoms with Crippen LogP contribution in [0.25, 0.3) is 0 Å². The van der Waals surface area contributed by atoms with Crippen LogP contribution in [0.3, 0.4) is 0 Å². The minimum atomic E-state index is -0.833. The fourth-order valence-corrected chi connectivity index (χ4v) is 5.95. The molecule has 1 amide bonds. The average Bonchev–Trinajstić information content (AvgIpc) is 2.97. The molecule has 1 aliphatic heterocycles. The van der Waals surface area contributed by atoms with Crippen molar-refractivity contribution in [3.05, 3.63) is 115 Å². The highest BCUT2D eigenvalue weighted by molar-refractivity contribution is 6.32. The topological polar surface area (TPSA) is 120 Å². The molecule has 0 bridgehead atoms. The second-order valence-electron chi connectivity index (χ2n) is 10.4. The van der Waals surface area contributed by atoms with E-state index >= 15 is 0 Å². The number of methoxy groups -OCH3 is 2. The van der Waals surface area contributed by atoms with Gasteiger partial charge in [0.05, 0.1) is 19.1 Å². The first-order valence-corrected chi connectivity index (χ1v) is 13.8. The number of hydrogen-bond donors (Lipinski definition) is 2. The van der Waals surface area contributed by atoms with Crippen LogP contribution >= 0.6 is 11.6 Å². The summed E-state index contributed by atoms with van der Waals surface area (Å²) in [5.74, 6) is -0.389. The number of anilines is 1. The van der Waals surface area contributed by atoms with Crippen molar-refractivity contribution in [1.82, 2.24) is 5.32 Å². The molecule has 2 atom stereocenters. The number of carbonyl (C=O) groups excluding carboxylic acids is 2. The number of benzene rings is 3. The van der Waals surface area contributed by atoms with Gasteiger partial charge >= 0.3 is 0 Å². The van der Waals surface area contributed by atoms with Crippen molar-refractivity contribution < 1.29 is 24.0 Å². The molecule has 2 N–H and O–H groups in total. The van der Waals surface area contributed by atoms with E-state index in [1.165, 1.54) is 12.1 Å². The van der Waals surface area contributed by atoms with Gasteiger partial charge in [-0.25, -0.2) is 0 Å². The third-order valence-electron chi connectivity index (χ3n) is 7.84. The number of ketones is 1. The number of para-hydroxylation sites is 1. The number of nitrogens with zero attached hydrogens (tertiary/aromatic N) is 1. The minimum absolute atomic E-state index is 0.0259. The lowest BCUT2D eigenvalue weighted by Gasteiger charge is -2.37. The van der Waals surface area contributed by atoms with Crippen LogP contribution in [-0.2, 0) is 9.59 Å². The average molecular weight is 588 g/mol. The van der Waals surface area contributed by atoms with Gasteiger partial charge in [-0.3, -0.25) is 19.7 Å². The van der Waals surface area contributed by atoms with Gasteiger partial charge in [0.2, 0.25) is 0 Å². The molecule has 42 heavy (non-hydrogen) atoms. The predicted octanol–water partition coefficient (Wildman–Crippen LogP) is 6.57. The molecule has 9 nitrogen and oxygen atoms in total. The molecule has 0 fully saturated rings. The van der Waals surface area contributed by atoms with Gasteiger partial charge in [0.25, 0.3) is 11.6 Å². The lowest BCUT2D eigenvalue weighted by Crippen LogP contribution is -2.37. The van der Waals surface area contributed by atoms with Crippen LogP contribution in [0.2, 0.25) is 5.02 Å². The van der Waals surface area contributed by atoms with Crippen molar-refractivity contribution in [2.75, 3.05) is 19.5 Å². The number of carbonyl (C=O) groups is 2. The fraction of sp³-hybridized carbons (Fsp3) is 0.250. The molecule has 3 aromatic carbocycles. The lowest BCUT2D eigenvalue weighted by molar-refractivity contribution is -0.384. The number of halogens is 1. The van der Waals surface area contributed by atoms with E-state index in [1.54, 1.807) is 33.3 Å². The van der Waals surface area contributed by atoms with E-state index in [0.717, 1.165) is 11.1 Å². The zero-order valence-electron chi connectivity index (χ0n) is 23.6. The SMILES string of the molecule is COc1ccc(C2CC(=O)C3=C(C2)NC(C)=C(C(=O)Nc2ccccc2C)C3c2ccc(Cl)c([N+](=O)[O-])c2)cc1OC. The third-order valence-corrected chi connectivity index (χ3v) is 8.16. The number of ether oxygens (including phenoxy) is 2. The van der Waals surface area contributed by atoms with E-state index in [-0.39, 0.29) is 28.8 Å². The van der Waals surface area contributed by atoms with Gasteiger partial charge < -0.3 is 20.1 Å². The van der Waals surface area contributed by atoms with Crippen molar-refractivity contribution in [1.29, 1.82) is 0 Å². The Labute approximate surface area is 248 Å². The van der Waals surface area contributed by atoms with Gasteiger partial charge in [0.15, 0.2) is 17.3 Å². The van der Waals surface area contributed by atoms with Gasteiger partial charge in [0, 0.05) is 46.6 Å². The molecule has 0 saturated carbocycles. The van der Waals surface area contributed by atoms with Crippen molar-refractivity contribution in [2.24, 2.45) is 0 Å². The van der Waals surface area contributed by atoms with E-state index in [9.17, 15) is 19.7 Å². The molecule has 216 valence electrons. The molecule has 1 heterocycles. The molecule has 2 aliphatic rings. The second-order valence-corrected chi connectivity index (χ2v) is 10.8. The summed E-state index contributed by atoms with van der Waals surface area (Å²) in [6, 6.07) is 17.4. The summed E-state index contributed by atoms with van der Waals surface area (Å²) in [6.45, 7) is 3.66. The maximum Gasteiger partial charge on any atom is 0.288 e. The molecule has 10 heteroatoms. The summed E-state index contributed by atoms with van der Waals surface area (Å²) in [6.07, 6.45) is 0.681. The van der Waals surface area contributed by atoms with Crippen LogP contribution in [0.15, 0.2) is 83.2 Å². The van der Waals surface area contributed by atoms with Crippen LogP contribution in [0.4, 0.5) is 11.4 Å². The molecule has 0 aromatic heterocycles. The maximum atomic E-state index is 14.0. The van der Waals surface area contributed by atoms with Gasteiger partial charge in [-0.05, 0) is 67.1 Å². The van der Waals surface area contributed by atoms with E-state index < -0.39 is 16.7 Å². The summed E-state index contributed by atoms with van der Waals surface area (Å²) >= 11 is 6.14. The zero-order valence-corrected chi connectivity index (χ0v) is 24.4. The summed E-state index contributed by atoms with van der Waals surface area (Å²) in [5.41, 5.74) is 4.53. The Balaban J connectivity index is 1.60. The number of amides is 1. The normalized spacial score (nSPS) is 18.3. The first kappa shape index (κ1) is 28.9. The minimum Gasteiger partial charge on any atom is -0.493 e. The highest BCUT2D eigenvalue weighted by atomic mass is 35.5. The van der Waals surface area contributed by atoms with Crippen LogP contribution in [0.1, 0.15) is 48.3 Å². The number of Topliss-reactive ketones (excluding diaryl/α,β-unsaturated/α-hetero) is 1. The molecule has 1 aliphatic carbocycles. The number of allylic oxidation sites excluding steroid dienone is 3. The molecular formula is C32H30ClN3O6. The number of hydrogen-bond acceptors (Lipinski definition) is 7. The van der Waals surface area contributed by atoms with Crippen LogP contribution in [-0.4, -0.2) is 30.8 Å². The Kier molecular flexibility index (Phi) is 8.04. The smallest absolute Gasteiger partial charge is 0.288 e. The van der Waals surface area contributed by atoms with Crippen molar-refractivity contribution in [3.8, 4) is 11.5 Å². The fourth-order valence-electron chi connectivity index (χ4n) is 5.77. The monoisotopic (exact) mass is 587 g/mol. The quantitative estimate of drug-likeness (QED) is 0.237. The lowest BCUT2D eigenvalue weighted by atomic mass is 9.71. The molecule has 0 saturated heterocycles. The van der Waals surface area contributed by atoms with Gasteiger partial charge in [-0.15, -0.1) is 0 Å². The Bertz CT molecular complexity index is 1680. The number of nitro benzene ring substituents is 1. The number of dihydropyridines is 1. The van der Waals surface area contributed by atoms with Crippen molar-refractivity contribution >= 4 is 34.7 Å². The van der Waals surface area contributed by atoms with Crippen LogP contribution in [0, 0.1) is 17.0 Å². The second kappa shape index (κ2) is 11.7. The summed E-state index contributed by atoms with van der Waals surface area (Å²) in [5, 5.41) is 18.1. The highest BCUT2D eigenvalue weighted by Gasteiger charge is 2.41. The van der Waals surface area contributed by atoms with Crippen LogP contribution in [0.5, 0.6) is 11.5 Å². The highest BCUT2D eigenvalue weighted by Crippen LogP contribution is 2.47. The number of rotatable bonds is 7.